The highest BCUT2D eigenvalue weighted by Gasteiger charge is 2.20. The van der Waals surface area contributed by atoms with E-state index in [0.717, 1.165) is 38.5 Å². The number of hydrogen-bond donors (Lipinski definition) is 3. The molecule has 442 valence electrons. The number of carbonyl (C=O) groups excluding carboxylic acids is 2. The summed E-state index contributed by atoms with van der Waals surface area (Å²) in [5.41, 5.74) is 0. The quantitative estimate of drug-likeness (QED) is 0.0417. The minimum absolute atomic E-state index is 0.0192. The lowest BCUT2D eigenvalue weighted by molar-refractivity contribution is -0.143. The summed E-state index contributed by atoms with van der Waals surface area (Å²) in [7, 11) is 0. The molecular formula is C68H135NO5. The van der Waals surface area contributed by atoms with Crippen molar-refractivity contribution in [3.8, 4) is 0 Å². The van der Waals surface area contributed by atoms with Gasteiger partial charge in [-0.3, -0.25) is 9.59 Å². The number of carbonyl (C=O) groups is 2. The Morgan fingerprint density at radius 3 is 0.824 bits per heavy atom. The zero-order valence-corrected chi connectivity index (χ0v) is 50.6. The second kappa shape index (κ2) is 64.4. The second-order valence-corrected chi connectivity index (χ2v) is 23.9. The first-order valence-corrected chi connectivity index (χ1v) is 34.3. The van der Waals surface area contributed by atoms with Crippen LogP contribution in [-0.4, -0.2) is 47.4 Å². The number of ether oxygens (including phenoxy) is 1. The number of esters is 1. The number of amides is 1. The van der Waals surface area contributed by atoms with Gasteiger partial charge in [-0.1, -0.05) is 361 Å². The minimum atomic E-state index is -0.662. The van der Waals surface area contributed by atoms with Gasteiger partial charge in [-0.15, -0.1) is 0 Å². The van der Waals surface area contributed by atoms with E-state index < -0.39 is 12.1 Å². The van der Waals surface area contributed by atoms with E-state index >= 15 is 0 Å². The molecule has 0 aromatic rings. The topological polar surface area (TPSA) is 95.9 Å². The Morgan fingerprint density at radius 2 is 0.554 bits per heavy atom. The normalized spacial score (nSPS) is 12.4. The first-order chi connectivity index (χ1) is 36.5. The minimum Gasteiger partial charge on any atom is -0.466 e. The molecule has 6 nitrogen and oxygen atoms in total. The standard InChI is InChI=1S/C68H135NO5/c1-3-5-7-9-11-13-15-17-18-19-28-31-34-37-40-44-48-52-56-60-66(71)65(64-70)69-67(72)61-57-53-49-45-41-38-35-32-29-26-24-22-20-21-23-25-27-30-33-36-39-43-47-51-55-59-63-74-68(73)62-58-54-50-46-42-16-14-12-10-8-6-4-2/h65-66,70-71H,3-64H2,1-2H3,(H,69,72). The van der Waals surface area contributed by atoms with Gasteiger partial charge >= 0.3 is 5.97 Å². The van der Waals surface area contributed by atoms with Crippen molar-refractivity contribution in [3.63, 3.8) is 0 Å². The fourth-order valence-corrected chi connectivity index (χ4v) is 11.2. The maximum Gasteiger partial charge on any atom is 0.305 e. The van der Waals surface area contributed by atoms with Crippen LogP contribution in [0.5, 0.6) is 0 Å². The van der Waals surface area contributed by atoms with Crippen molar-refractivity contribution < 1.29 is 24.5 Å². The van der Waals surface area contributed by atoms with Crippen molar-refractivity contribution in [3.05, 3.63) is 0 Å². The molecule has 3 N–H and O–H groups in total. The van der Waals surface area contributed by atoms with Crippen molar-refractivity contribution in [2.45, 2.75) is 411 Å². The predicted octanol–water partition coefficient (Wildman–Crippen LogP) is 21.8. The molecule has 0 aromatic heterocycles. The highest BCUT2D eigenvalue weighted by Crippen LogP contribution is 2.19. The largest absolute Gasteiger partial charge is 0.466 e. The summed E-state index contributed by atoms with van der Waals surface area (Å²) in [6.45, 7) is 5.00. The molecule has 0 saturated carbocycles. The van der Waals surface area contributed by atoms with Crippen LogP contribution in [0.1, 0.15) is 399 Å². The monoisotopic (exact) mass is 1050 g/mol. The highest BCUT2D eigenvalue weighted by atomic mass is 16.5. The van der Waals surface area contributed by atoms with E-state index in [-0.39, 0.29) is 18.5 Å². The summed E-state index contributed by atoms with van der Waals surface area (Å²) in [5.74, 6) is -0.00867. The van der Waals surface area contributed by atoms with Gasteiger partial charge in [-0.25, -0.2) is 0 Å². The summed E-state index contributed by atoms with van der Waals surface area (Å²) in [6, 6.07) is -0.539. The van der Waals surface area contributed by atoms with Crippen molar-refractivity contribution in [1.82, 2.24) is 5.32 Å². The lowest BCUT2D eigenvalue weighted by Gasteiger charge is -2.22. The van der Waals surface area contributed by atoms with Gasteiger partial charge in [0.1, 0.15) is 0 Å². The summed E-state index contributed by atoms with van der Waals surface area (Å²) in [5, 5.41) is 23.4. The number of aliphatic hydroxyl groups excluding tert-OH is 2. The van der Waals surface area contributed by atoms with Crippen molar-refractivity contribution in [1.29, 1.82) is 0 Å². The molecule has 0 radical (unpaired) electrons. The van der Waals surface area contributed by atoms with Crippen LogP contribution in [-0.2, 0) is 14.3 Å². The lowest BCUT2D eigenvalue weighted by Crippen LogP contribution is -2.45. The molecule has 0 rings (SSSR count). The van der Waals surface area contributed by atoms with E-state index in [1.54, 1.807) is 0 Å². The first-order valence-electron chi connectivity index (χ1n) is 34.3. The molecule has 2 atom stereocenters. The van der Waals surface area contributed by atoms with Crippen molar-refractivity contribution >= 4 is 11.9 Å². The first kappa shape index (κ1) is 72.9. The molecule has 0 heterocycles. The van der Waals surface area contributed by atoms with Gasteiger partial charge in [0, 0.05) is 12.8 Å². The summed E-state index contributed by atoms with van der Waals surface area (Å²) in [4.78, 5) is 24.6. The van der Waals surface area contributed by atoms with Crippen LogP contribution in [0.25, 0.3) is 0 Å². The highest BCUT2D eigenvalue weighted by molar-refractivity contribution is 5.76. The molecule has 2 unspecified atom stereocenters. The Kier molecular flexibility index (Phi) is 63.4. The molecule has 0 aliphatic rings. The fraction of sp³-hybridized carbons (Fsp3) is 0.971. The number of hydrogen-bond acceptors (Lipinski definition) is 5. The van der Waals surface area contributed by atoms with E-state index in [2.05, 4.69) is 19.2 Å². The Morgan fingerprint density at radius 1 is 0.324 bits per heavy atom. The van der Waals surface area contributed by atoms with Gasteiger partial charge in [0.15, 0.2) is 0 Å². The van der Waals surface area contributed by atoms with E-state index in [0.29, 0.717) is 25.9 Å². The zero-order chi connectivity index (χ0) is 53.6. The Labute approximate surface area is 464 Å². The molecule has 0 saturated heterocycles. The molecule has 0 aromatic carbocycles. The SMILES string of the molecule is CCCCCCCCCCCCCCCCCCCCCC(O)C(CO)NC(=O)CCCCCCCCCCCCCCCCCCCCCCCCCCCCOC(=O)CCCCCCCCCCCCCC. The maximum absolute atomic E-state index is 12.5. The fourth-order valence-electron chi connectivity index (χ4n) is 11.2. The van der Waals surface area contributed by atoms with Crippen LogP contribution in [0.2, 0.25) is 0 Å². The molecule has 0 bridgehead atoms. The Bertz CT molecular complexity index is 1070. The van der Waals surface area contributed by atoms with Crippen molar-refractivity contribution in [2.75, 3.05) is 13.2 Å². The average Bonchev–Trinajstić information content (AvgIpc) is 3.40. The predicted molar refractivity (Wildman–Crippen MR) is 324 cm³/mol. The van der Waals surface area contributed by atoms with E-state index in [1.165, 1.54) is 327 Å². The zero-order valence-electron chi connectivity index (χ0n) is 50.6. The molecule has 0 aliphatic carbocycles. The van der Waals surface area contributed by atoms with Crippen LogP contribution in [0.3, 0.4) is 0 Å². The molecule has 0 fully saturated rings. The molecular weight excluding hydrogens is 911 g/mol. The number of aliphatic hydroxyl groups is 2. The Balaban J connectivity index is 3.35. The van der Waals surface area contributed by atoms with Gasteiger partial charge in [-0.2, -0.15) is 0 Å². The van der Waals surface area contributed by atoms with Crippen LogP contribution in [0.4, 0.5) is 0 Å². The van der Waals surface area contributed by atoms with Gasteiger partial charge in [0.25, 0.3) is 0 Å². The molecule has 0 aliphatic heterocycles. The summed E-state index contributed by atoms with van der Waals surface area (Å²) < 4.78 is 5.48. The van der Waals surface area contributed by atoms with Crippen LogP contribution >= 0.6 is 0 Å². The Hall–Kier alpha value is -1.14. The molecule has 74 heavy (non-hydrogen) atoms. The number of nitrogens with one attached hydrogen (secondary N) is 1. The van der Waals surface area contributed by atoms with Gasteiger partial charge in [0.2, 0.25) is 5.91 Å². The number of rotatable bonds is 65. The van der Waals surface area contributed by atoms with E-state index in [1.807, 2.05) is 0 Å². The lowest BCUT2D eigenvalue weighted by atomic mass is 10.0. The number of unbranched alkanes of at least 4 members (excludes halogenated alkanes) is 54. The van der Waals surface area contributed by atoms with Gasteiger partial charge in [0.05, 0.1) is 25.4 Å². The van der Waals surface area contributed by atoms with Crippen LogP contribution < -0.4 is 5.32 Å². The van der Waals surface area contributed by atoms with Crippen molar-refractivity contribution in [2.24, 2.45) is 0 Å². The smallest absolute Gasteiger partial charge is 0.305 e. The van der Waals surface area contributed by atoms with Gasteiger partial charge in [-0.05, 0) is 25.7 Å². The average molecular weight is 1050 g/mol. The summed E-state index contributed by atoms with van der Waals surface area (Å²) >= 11 is 0. The van der Waals surface area contributed by atoms with E-state index in [9.17, 15) is 19.8 Å². The maximum atomic E-state index is 12.5. The third kappa shape index (κ3) is 60.1. The summed E-state index contributed by atoms with van der Waals surface area (Å²) in [6.07, 6.45) is 77.1. The van der Waals surface area contributed by atoms with Crippen LogP contribution in [0, 0.1) is 0 Å². The third-order valence-electron chi connectivity index (χ3n) is 16.4. The molecule has 0 spiro atoms. The van der Waals surface area contributed by atoms with E-state index in [4.69, 9.17) is 4.74 Å². The van der Waals surface area contributed by atoms with Gasteiger partial charge < -0.3 is 20.3 Å². The molecule has 1 amide bonds. The van der Waals surface area contributed by atoms with Crippen LogP contribution in [0.15, 0.2) is 0 Å². The third-order valence-corrected chi connectivity index (χ3v) is 16.4. The molecule has 6 heteroatoms. The second-order valence-electron chi connectivity index (χ2n) is 23.9.